The zero-order valence-corrected chi connectivity index (χ0v) is 11.5. The van der Waals surface area contributed by atoms with E-state index in [9.17, 15) is 10.2 Å². The van der Waals surface area contributed by atoms with Gasteiger partial charge in [0.05, 0.1) is 11.7 Å². The monoisotopic (exact) mass is 238 g/mol. The quantitative estimate of drug-likeness (QED) is 0.690. The molecule has 2 aliphatic rings. The van der Waals surface area contributed by atoms with Gasteiger partial charge in [-0.1, -0.05) is 25.5 Å². The Morgan fingerprint density at radius 3 is 2.65 bits per heavy atom. The Bertz CT molecular complexity index is 317. The van der Waals surface area contributed by atoms with Crippen LogP contribution in [0.5, 0.6) is 0 Å². The number of hydrogen-bond acceptors (Lipinski definition) is 2. The molecule has 17 heavy (non-hydrogen) atoms. The van der Waals surface area contributed by atoms with Crippen LogP contribution in [-0.4, -0.2) is 21.9 Å². The average Bonchev–Trinajstić information content (AvgIpc) is 2.14. The maximum atomic E-state index is 10.5. The van der Waals surface area contributed by atoms with E-state index in [-0.39, 0.29) is 12.0 Å². The van der Waals surface area contributed by atoms with E-state index < -0.39 is 5.60 Å². The summed E-state index contributed by atoms with van der Waals surface area (Å²) in [4.78, 5) is 0. The molecule has 2 nitrogen and oxygen atoms in total. The Kier molecular flexibility index (Phi) is 3.39. The molecule has 1 saturated carbocycles. The van der Waals surface area contributed by atoms with Crippen LogP contribution in [0.25, 0.3) is 0 Å². The Labute approximate surface area is 105 Å². The van der Waals surface area contributed by atoms with Gasteiger partial charge in [0.1, 0.15) is 0 Å². The Morgan fingerprint density at radius 2 is 2.06 bits per heavy atom. The molecule has 2 heteroatoms. The van der Waals surface area contributed by atoms with Gasteiger partial charge in [0.2, 0.25) is 0 Å². The molecule has 0 saturated heterocycles. The summed E-state index contributed by atoms with van der Waals surface area (Å²) >= 11 is 0. The van der Waals surface area contributed by atoms with Crippen molar-refractivity contribution in [3.8, 4) is 0 Å². The van der Waals surface area contributed by atoms with Crippen LogP contribution in [0.15, 0.2) is 11.6 Å². The molecule has 0 aromatic carbocycles. The first-order valence-corrected chi connectivity index (χ1v) is 6.90. The maximum absolute atomic E-state index is 10.5. The summed E-state index contributed by atoms with van der Waals surface area (Å²) < 4.78 is 0. The average molecular weight is 238 g/mol. The van der Waals surface area contributed by atoms with Crippen molar-refractivity contribution in [1.82, 2.24) is 0 Å². The van der Waals surface area contributed by atoms with Crippen LogP contribution >= 0.6 is 0 Å². The molecular formula is C15H26O2. The van der Waals surface area contributed by atoms with Crippen molar-refractivity contribution in [1.29, 1.82) is 0 Å². The van der Waals surface area contributed by atoms with Gasteiger partial charge >= 0.3 is 0 Å². The highest BCUT2D eigenvalue weighted by molar-refractivity contribution is 5.16. The molecule has 0 aromatic rings. The van der Waals surface area contributed by atoms with Crippen LogP contribution in [0.2, 0.25) is 0 Å². The predicted octanol–water partition coefficient (Wildman–Crippen LogP) is 2.75. The smallest absolute Gasteiger partial charge is 0.0678 e. The van der Waals surface area contributed by atoms with Crippen LogP contribution in [-0.2, 0) is 0 Å². The topological polar surface area (TPSA) is 40.5 Å². The van der Waals surface area contributed by atoms with Crippen LogP contribution in [0.3, 0.4) is 0 Å². The van der Waals surface area contributed by atoms with Gasteiger partial charge in [-0.15, -0.1) is 0 Å². The van der Waals surface area contributed by atoms with Gasteiger partial charge < -0.3 is 10.2 Å². The van der Waals surface area contributed by atoms with Crippen LogP contribution < -0.4 is 0 Å². The Hall–Kier alpha value is -0.340. The third kappa shape index (κ3) is 2.30. The predicted molar refractivity (Wildman–Crippen MR) is 69.5 cm³/mol. The molecule has 0 unspecified atom stereocenters. The summed E-state index contributed by atoms with van der Waals surface area (Å²) in [6, 6.07) is 0. The van der Waals surface area contributed by atoms with Crippen LogP contribution in [0, 0.1) is 23.7 Å². The van der Waals surface area contributed by atoms with Gasteiger partial charge in [0.15, 0.2) is 0 Å². The van der Waals surface area contributed by atoms with E-state index in [1.807, 2.05) is 6.92 Å². The zero-order valence-electron chi connectivity index (χ0n) is 11.5. The number of aliphatic hydroxyl groups excluding tert-OH is 1. The van der Waals surface area contributed by atoms with E-state index in [0.29, 0.717) is 17.8 Å². The van der Waals surface area contributed by atoms with Crippen molar-refractivity contribution in [2.75, 3.05) is 0 Å². The summed E-state index contributed by atoms with van der Waals surface area (Å²) in [5.74, 6) is 1.59. The van der Waals surface area contributed by atoms with E-state index in [0.717, 1.165) is 19.3 Å². The number of hydrogen-bond donors (Lipinski definition) is 2. The second kappa shape index (κ2) is 4.40. The number of fused-ring (bicyclic) bond motifs is 1. The van der Waals surface area contributed by atoms with Gasteiger partial charge in [0.25, 0.3) is 0 Å². The lowest BCUT2D eigenvalue weighted by Gasteiger charge is -2.51. The molecule has 0 amide bonds. The zero-order chi connectivity index (χ0) is 12.8. The molecule has 0 spiro atoms. The lowest BCUT2D eigenvalue weighted by Crippen LogP contribution is -2.53. The summed E-state index contributed by atoms with van der Waals surface area (Å²) in [5, 5.41) is 20.8. The first kappa shape index (κ1) is 13.1. The third-order valence-corrected chi connectivity index (χ3v) is 4.89. The van der Waals surface area contributed by atoms with Crippen molar-refractivity contribution in [3.05, 3.63) is 11.6 Å². The molecule has 0 heterocycles. The maximum Gasteiger partial charge on any atom is 0.0678 e. The highest BCUT2D eigenvalue weighted by Crippen LogP contribution is 2.49. The number of allylic oxidation sites excluding steroid dienone is 1. The van der Waals surface area contributed by atoms with Crippen molar-refractivity contribution < 1.29 is 10.2 Å². The third-order valence-electron chi connectivity index (χ3n) is 4.89. The van der Waals surface area contributed by atoms with E-state index in [1.165, 1.54) is 5.57 Å². The standard InChI is InChI=1S/C15H26O2/c1-9(2)11-5-6-15(4,17)14-12(11)7-10(3)8-13(14)16/h7,9,11-14,16-17H,5-6,8H2,1-4H3/t11-,12-,13-,14-,15+/m1/s1. The first-order chi connectivity index (χ1) is 7.83. The van der Waals surface area contributed by atoms with Gasteiger partial charge in [-0.25, -0.2) is 0 Å². The fraction of sp³-hybridized carbons (Fsp3) is 0.867. The highest BCUT2D eigenvalue weighted by Gasteiger charge is 2.49. The molecule has 2 N–H and O–H groups in total. The largest absolute Gasteiger partial charge is 0.392 e. The summed E-state index contributed by atoms with van der Waals surface area (Å²) in [5.41, 5.74) is 0.578. The fourth-order valence-corrected chi connectivity index (χ4v) is 4.03. The van der Waals surface area contributed by atoms with Crippen molar-refractivity contribution in [3.63, 3.8) is 0 Å². The van der Waals surface area contributed by atoms with Crippen LogP contribution in [0.4, 0.5) is 0 Å². The van der Waals surface area contributed by atoms with Crippen molar-refractivity contribution in [2.45, 2.75) is 58.7 Å². The number of aliphatic hydroxyl groups is 2. The molecule has 2 aliphatic carbocycles. The van der Waals surface area contributed by atoms with E-state index in [2.05, 4.69) is 26.8 Å². The SMILES string of the molecule is CC1=C[C@H]2[C@H]([C@H](O)C1)[C@@](C)(O)CC[C@@H]2C(C)C. The van der Waals surface area contributed by atoms with Gasteiger partial charge in [-0.3, -0.25) is 0 Å². The molecule has 98 valence electrons. The second-order valence-corrected chi connectivity index (χ2v) is 6.69. The Morgan fingerprint density at radius 1 is 1.41 bits per heavy atom. The minimum atomic E-state index is -0.702. The lowest BCUT2D eigenvalue weighted by molar-refractivity contribution is -0.125. The summed E-state index contributed by atoms with van der Waals surface area (Å²) in [7, 11) is 0. The molecule has 1 fully saturated rings. The first-order valence-electron chi connectivity index (χ1n) is 6.90. The Balaban J connectivity index is 2.35. The molecule has 2 rings (SSSR count). The van der Waals surface area contributed by atoms with E-state index in [1.54, 1.807) is 0 Å². The molecule has 0 aliphatic heterocycles. The molecular weight excluding hydrogens is 212 g/mol. The summed E-state index contributed by atoms with van der Waals surface area (Å²) in [6.07, 6.45) is 4.56. The molecule has 5 atom stereocenters. The number of rotatable bonds is 1. The molecule has 0 radical (unpaired) electrons. The highest BCUT2D eigenvalue weighted by atomic mass is 16.3. The van der Waals surface area contributed by atoms with E-state index in [4.69, 9.17) is 0 Å². The van der Waals surface area contributed by atoms with Gasteiger partial charge in [-0.05, 0) is 50.9 Å². The molecule has 0 aromatic heterocycles. The van der Waals surface area contributed by atoms with Gasteiger partial charge in [0, 0.05) is 5.92 Å². The van der Waals surface area contributed by atoms with Gasteiger partial charge in [-0.2, -0.15) is 0 Å². The normalized spacial score (nSPS) is 46.6. The second-order valence-electron chi connectivity index (χ2n) is 6.69. The summed E-state index contributed by atoms with van der Waals surface area (Å²) in [6.45, 7) is 8.51. The van der Waals surface area contributed by atoms with Crippen LogP contribution in [0.1, 0.15) is 47.0 Å². The van der Waals surface area contributed by atoms with E-state index >= 15 is 0 Å². The molecule has 0 bridgehead atoms. The fourth-order valence-electron chi connectivity index (χ4n) is 4.03. The van der Waals surface area contributed by atoms with Crippen molar-refractivity contribution in [2.24, 2.45) is 23.7 Å². The van der Waals surface area contributed by atoms with Crippen molar-refractivity contribution >= 4 is 0 Å². The minimum absolute atomic E-state index is 0.0207. The lowest BCUT2D eigenvalue weighted by atomic mass is 9.57. The minimum Gasteiger partial charge on any atom is -0.392 e.